The first-order chi connectivity index (χ1) is 4.81. The summed E-state index contributed by atoms with van der Waals surface area (Å²) in [7, 11) is 0. The van der Waals surface area contributed by atoms with Gasteiger partial charge in [-0.1, -0.05) is 18.6 Å². The molecular weight excluding hydrogens is 122 g/mol. The van der Waals surface area contributed by atoms with E-state index in [-0.39, 0.29) is 0 Å². The van der Waals surface area contributed by atoms with Crippen LogP contribution in [0.1, 0.15) is 27.2 Å². The Bertz CT molecular complexity index is 152. The largest absolute Gasteiger partial charge is 0.269 e. The minimum absolute atomic E-state index is 1.09. The molecule has 10 heavy (non-hydrogen) atoms. The van der Waals surface area contributed by atoms with E-state index in [9.17, 15) is 0 Å². The van der Waals surface area contributed by atoms with Gasteiger partial charge < -0.3 is 0 Å². The molecule has 0 heterocycles. The SMILES string of the molecule is CC=N/C=C\C(C)=C/CC. The molecule has 0 amide bonds. The summed E-state index contributed by atoms with van der Waals surface area (Å²) in [5.41, 5.74) is 1.27. The number of aliphatic imine (C=N–C) groups is 1. The standard InChI is InChI=1S/C9H15N/c1-4-6-9(3)7-8-10-5-2/h5-8H,4H2,1-3H3/b8-7-,9-6-,10-5?. The van der Waals surface area contributed by atoms with Crippen LogP contribution in [0.4, 0.5) is 0 Å². The van der Waals surface area contributed by atoms with E-state index in [4.69, 9.17) is 0 Å². The van der Waals surface area contributed by atoms with Crippen molar-refractivity contribution in [3.63, 3.8) is 0 Å². The summed E-state index contributed by atoms with van der Waals surface area (Å²) in [5.74, 6) is 0. The minimum atomic E-state index is 1.09. The predicted molar refractivity (Wildman–Crippen MR) is 47.4 cm³/mol. The molecule has 0 fully saturated rings. The smallest absolute Gasteiger partial charge is 0.0266 e. The lowest BCUT2D eigenvalue weighted by Crippen LogP contribution is -1.66. The molecule has 0 aromatic carbocycles. The Morgan fingerprint density at radius 3 is 2.70 bits per heavy atom. The number of allylic oxidation sites excluding steroid dienone is 3. The second kappa shape index (κ2) is 6.27. The second-order valence-corrected chi connectivity index (χ2v) is 2.08. The molecule has 0 spiro atoms. The van der Waals surface area contributed by atoms with Gasteiger partial charge in [0, 0.05) is 12.4 Å². The molecule has 0 N–H and O–H groups in total. The van der Waals surface area contributed by atoms with Gasteiger partial charge in [-0.15, -0.1) is 0 Å². The third-order valence-electron chi connectivity index (χ3n) is 1.10. The second-order valence-electron chi connectivity index (χ2n) is 2.08. The summed E-state index contributed by atoms with van der Waals surface area (Å²) in [4.78, 5) is 3.95. The first-order valence-corrected chi connectivity index (χ1v) is 3.62. The fourth-order valence-corrected chi connectivity index (χ4v) is 0.637. The highest BCUT2D eigenvalue weighted by Crippen LogP contribution is 1.96. The highest BCUT2D eigenvalue weighted by molar-refractivity contribution is 5.54. The van der Waals surface area contributed by atoms with E-state index in [1.165, 1.54) is 5.57 Å². The van der Waals surface area contributed by atoms with Crippen LogP contribution in [0.3, 0.4) is 0 Å². The van der Waals surface area contributed by atoms with Crippen molar-refractivity contribution in [2.24, 2.45) is 4.99 Å². The van der Waals surface area contributed by atoms with Crippen LogP contribution >= 0.6 is 0 Å². The maximum absolute atomic E-state index is 3.95. The van der Waals surface area contributed by atoms with Crippen molar-refractivity contribution >= 4 is 6.21 Å². The monoisotopic (exact) mass is 137 g/mol. The van der Waals surface area contributed by atoms with Crippen LogP contribution in [-0.2, 0) is 0 Å². The van der Waals surface area contributed by atoms with Crippen LogP contribution in [0.2, 0.25) is 0 Å². The zero-order chi connectivity index (χ0) is 7.82. The number of rotatable bonds is 3. The van der Waals surface area contributed by atoms with Gasteiger partial charge in [-0.25, -0.2) is 0 Å². The average molecular weight is 137 g/mol. The highest BCUT2D eigenvalue weighted by atomic mass is 14.6. The van der Waals surface area contributed by atoms with Gasteiger partial charge >= 0.3 is 0 Å². The van der Waals surface area contributed by atoms with Gasteiger partial charge in [0.05, 0.1) is 0 Å². The first-order valence-electron chi connectivity index (χ1n) is 3.62. The quantitative estimate of drug-likeness (QED) is 0.419. The summed E-state index contributed by atoms with van der Waals surface area (Å²) < 4.78 is 0. The van der Waals surface area contributed by atoms with Gasteiger partial charge in [0.2, 0.25) is 0 Å². The Morgan fingerprint density at radius 2 is 2.20 bits per heavy atom. The Balaban J connectivity index is 3.76. The molecule has 1 heteroatoms. The van der Waals surface area contributed by atoms with Crippen LogP contribution in [0.25, 0.3) is 0 Å². The average Bonchev–Trinajstić information content (AvgIpc) is 1.89. The van der Waals surface area contributed by atoms with Crippen molar-refractivity contribution in [2.45, 2.75) is 27.2 Å². The lowest BCUT2D eigenvalue weighted by atomic mass is 10.2. The molecule has 0 aliphatic carbocycles. The molecule has 0 radical (unpaired) electrons. The summed E-state index contributed by atoms with van der Waals surface area (Å²) in [6.45, 7) is 6.11. The van der Waals surface area contributed by atoms with Crippen molar-refractivity contribution in [3.05, 3.63) is 23.9 Å². The van der Waals surface area contributed by atoms with Crippen molar-refractivity contribution in [2.75, 3.05) is 0 Å². The van der Waals surface area contributed by atoms with Gasteiger partial charge in [-0.2, -0.15) is 0 Å². The highest BCUT2D eigenvalue weighted by Gasteiger charge is 1.75. The van der Waals surface area contributed by atoms with Gasteiger partial charge in [0.1, 0.15) is 0 Å². The summed E-state index contributed by atoms with van der Waals surface area (Å²) >= 11 is 0. The van der Waals surface area contributed by atoms with Gasteiger partial charge in [0.15, 0.2) is 0 Å². The number of nitrogens with zero attached hydrogens (tertiary/aromatic N) is 1. The predicted octanol–water partition coefficient (Wildman–Crippen LogP) is 2.95. The van der Waals surface area contributed by atoms with E-state index in [0.29, 0.717) is 0 Å². The van der Waals surface area contributed by atoms with Crippen LogP contribution in [0.5, 0.6) is 0 Å². The van der Waals surface area contributed by atoms with Crippen molar-refractivity contribution in [1.29, 1.82) is 0 Å². The van der Waals surface area contributed by atoms with E-state index in [1.807, 2.05) is 19.2 Å². The maximum Gasteiger partial charge on any atom is 0.0266 e. The van der Waals surface area contributed by atoms with Gasteiger partial charge in [-0.05, 0) is 26.3 Å². The fraction of sp³-hybridized carbons (Fsp3) is 0.444. The normalized spacial score (nSPS) is 13.7. The van der Waals surface area contributed by atoms with Crippen LogP contribution in [0.15, 0.2) is 28.9 Å². The lowest BCUT2D eigenvalue weighted by molar-refractivity contribution is 1.20. The van der Waals surface area contributed by atoms with Crippen molar-refractivity contribution in [3.8, 4) is 0 Å². The zero-order valence-corrected chi connectivity index (χ0v) is 6.96. The molecule has 0 bridgehead atoms. The van der Waals surface area contributed by atoms with Gasteiger partial charge in [0.25, 0.3) is 0 Å². The van der Waals surface area contributed by atoms with E-state index < -0.39 is 0 Å². The number of hydrogen-bond donors (Lipinski definition) is 0. The molecule has 1 nitrogen and oxygen atoms in total. The molecule has 0 saturated heterocycles. The molecule has 0 aromatic rings. The number of hydrogen-bond acceptors (Lipinski definition) is 1. The van der Waals surface area contributed by atoms with Crippen molar-refractivity contribution < 1.29 is 0 Å². The topological polar surface area (TPSA) is 12.4 Å². The van der Waals surface area contributed by atoms with Crippen molar-refractivity contribution in [1.82, 2.24) is 0 Å². The fourth-order valence-electron chi connectivity index (χ4n) is 0.637. The Morgan fingerprint density at radius 1 is 1.50 bits per heavy atom. The Labute approximate surface area is 63.2 Å². The Kier molecular flexibility index (Phi) is 5.74. The van der Waals surface area contributed by atoms with E-state index in [0.717, 1.165) is 6.42 Å². The van der Waals surface area contributed by atoms with E-state index >= 15 is 0 Å². The van der Waals surface area contributed by atoms with Crippen LogP contribution in [0, 0.1) is 0 Å². The molecule has 0 aromatic heterocycles. The molecule has 0 atom stereocenters. The molecule has 0 unspecified atom stereocenters. The summed E-state index contributed by atoms with van der Waals surface area (Å²) in [6.07, 6.45) is 8.84. The summed E-state index contributed by atoms with van der Waals surface area (Å²) in [6, 6.07) is 0. The molecule has 56 valence electrons. The molecule has 0 saturated carbocycles. The van der Waals surface area contributed by atoms with Crippen LogP contribution in [-0.4, -0.2) is 6.21 Å². The third-order valence-corrected chi connectivity index (χ3v) is 1.10. The molecule has 0 aliphatic heterocycles. The molecular formula is C9H15N. The first kappa shape index (κ1) is 9.15. The van der Waals surface area contributed by atoms with E-state index in [2.05, 4.69) is 24.9 Å². The minimum Gasteiger partial charge on any atom is -0.269 e. The lowest BCUT2D eigenvalue weighted by Gasteiger charge is -1.86. The molecule has 0 aliphatic rings. The maximum atomic E-state index is 3.95. The summed E-state index contributed by atoms with van der Waals surface area (Å²) in [5, 5.41) is 0. The third kappa shape index (κ3) is 5.29. The Hall–Kier alpha value is -0.850. The van der Waals surface area contributed by atoms with E-state index in [1.54, 1.807) is 6.21 Å². The van der Waals surface area contributed by atoms with Crippen LogP contribution < -0.4 is 0 Å². The van der Waals surface area contributed by atoms with Gasteiger partial charge in [-0.3, -0.25) is 4.99 Å². The molecule has 0 rings (SSSR count). The zero-order valence-electron chi connectivity index (χ0n) is 6.96.